The third-order valence-electron chi connectivity index (χ3n) is 4.11. The number of carbonyl (C=O) groups is 2. The van der Waals surface area contributed by atoms with Crippen LogP contribution < -0.4 is 14.5 Å². The molecule has 6 nitrogen and oxygen atoms in total. The Hall–Kier alpha value is -3.15. The van der Waals surface area contributed by atoms with Gasteiger partial charge in [-0.3, -0.25) is 14.7 Å². The van der Waals surface area contributed by atoms with Crippen LogP contribution in [0.5, 0.6) is 5.75 Å². The lowest BCUT2D eigenvalue weighted by molar-refractivity contribution is -0.116. The summed E-state index contributed by atoms with van der Waals surface area (Å²) in [5.41, 5.74) is 1.85. The first-order valence-corrected chi connectivity index (χ1v) is 8.13. The number of carbonyl (C=O) groups excluding carboxylic acids is 2. The largest absolute Gasteiger partial charge is 0.491 e. The number of benzene rings is 2. The minimum absolute atomic E-state index is 0.0580. The van der Waals surface area contributed by atoms with E-state index in [4.69, 9.17) is 4.74 Å². The SMILES string of the molecule is CC(C)Oc1ccc(N2C(=O)C3C=Nc4ccccc4N3C2=O)cc1. The predicted molar refractivity (Wildman–Crippen MR) is 95.9 cm³/mol. The van der Waals surface area contributed by atoms with Gasteiger partial charge in [-0.15, -0.1) is 0 Å². The molecule has 0 N–H and O–H groups in total. The van der Waals surface area contributed by atoms with Crippen LogP contribution in [0.4, 0.5) is 21.9 Å². The number of anilines is 2. The lowest BCUT2D eigenvalue weighted by Gasteiger charge is -2.24. The van der Waals surface area contributed by atoms with Crippen LogP contribution in [0.15, 0.2) is 53.5 Å². The van der Waals surface area contributed by atoms with Gasteiger partial charge in [-0.1, -0.05) is 12.1 Å². The Bertz CT molecular complexity index is 874. The van der Waals surface area contributed by atoms with Gasteiger partial charge < -0.3 is 4.74 Å². The molecule has 2 aromatic rings. The second-order valence-corrected chi connectivity index (χ2v) is 6.20. The molecular weight excluding hydrogens is 318 g/mol. The lowest BCUT2D eigenvalue weighted by Crippen LogP contribution is -2.38. The second kappa shape index (κ2) is 5.73. The van der Waals surface area contributed by atoms with Gasteiger partial charge in [0.25, 0.3) is 5.91 Å². The quantitative estimate of drug-likeness (QED) is 0.806. The zero-order valence-corrected chi connectivity index (χ0v) is 13.9. The van der Waals surface area contributed by atoms with Gasteiger partial charge in [0.1, 0.15) is 5.75 Å². The fraction of sp³-hybridized carbons (Fsp3) is 0.211. The molecule has 4 rings (SSSR count). The van der Waals surface area contributed by atoms with Gasteiger partial charge in [0, 0.05) is 6.21 Å². The second-order valence-electron chi connectivity index (χ2n) is 6.20. The Morgan fingerprint density at radius 2 is 1.76 bits per heavy atom. The number of rotatable bonds is 3. The molecule has 2 aliphatic heterocycles. The Labute approximate surface area is 145 Å². The average molecular weight is 335 g/mol. The van der Waals surface area contributed by atoms with E-state index in [2.05, 4.69) is 4.99 Å². The van der Waals surface area contributed by atoms with Crippen LogP contribution in [0.25, 0.3) is 0 Å². The number of ether oxygens (including phenoxy) is 1. The number of nitrogens with zero attached hydrogens (tertiary/aromatic N) is 3. The summed E-state index contributed by atoms with van der Waals surface area (Å²) >= 11 is 0. The van der Waals surface area contributed by atoms with Gasteiger partial charge >= 0.3 is 6.03 Å². The summed E-state index contributed by atoms with van der Waals surface area (Å²) in [4.78, 5) is 32.7. The fourth-order valence-electron chi connectivity index (χ4n) is 3.06. The van der Waals surface area contributed by atoms with Crippen molar-refractivity contribution in [2.45, 2.75) is 26.0 Å². The van der Waals surface area contributed by atoms with Crippen LogP contribution in [0.1, 0.15) is 13.8 Å². The standard InChI is InChI=1S/C19H17N3O3/c1-12(2)25-14-9-7-13(8-10-14)21-18(23)17-11-20-15-5-3-4-6-16(15)22(17)19(21)24/h3-12,17H,1-2H3. The number of hydrogen-bond donors (Lipinski definition) is 0. The first kappa shape index (κ1) is 15.4. The van der Waals surface area contributed by atoms with Crippen LogP contribution in [-0.4, -0.2) is 30.3 Å². The van der Waals surface area contributed by atoms with E-state index in [1.54, 1.807) is 30.3 Å². The van der Waals surface area contributed by atoms with Crippen molar-refractivity contribution >= 4 is 35.2 Å². The zero-order valence-electron chi connectivity index (χ0n) is 13.9. The van der Waals surface area contributed by atoms with E-state index in [1.807, 2.05) is 32.0 Å². The first-order valence-electron chi connectivity index (χ1n) is 8.13. The highest BCUT2D eigenvalue weighted by molar-refractivity contribution is 6.34. The first-order chi connectivity index (χ1) is 12.1. The maximum Gasteiger partial charge on any atom is 0.337 e. The molecule has 0 aliphatic carbocycles. The third-order valence-corrected chi connectivity index (χ3v) is 4.11. The molecule has 1 fully saturated rings. The van der Waals surface area contributed by atoms with Gasteiger partial charge in [0.15, 0.2) is 6.04 Å². The van der Waals surface area contributed by atoms with E-state index < -0.39 is 6.04 Å². The Kier molecular flexibility index (Phi) is 3.53. The van der Waals surface area contributed by atoms with Crippen molar-refractivity contribution in [2.75, 3.05) is 9.80 Å². The molecule has 25 heavy (non-hydrogen) atoms. The van der Waals surface area contributed by atoms with Crippen LogP contribution in [0, 0.1) is 0 Å². The molecule has 2 aromatic carbocycles. The van der Waals surface area contributed by atoms with E-state index in [1.165, 1.54) is 16.0 Å². The molecule has 6 heteroatoms. The summed E-state index contributed by atoms with van der Waals surface area (Å²) in [5.74, 6) is 0.392. The van der Waals surface area contributed by atoms with Crippen LogP contribution in [0.3, 0.4) is 0 Å². The van der Waals surface area contributed by atoms with Crippen molar-refractivity contribution in [2.24, 2.45) is 4.99 Å². The van der Waals surface area contributed by atoms with E-state index in [9.17, 15) is 9.59 Å². The molecule has 0 bridgehead atoms. The Morgan fingerprint density at radius 1 is 1.04 bits per heavy atom. The molecule has 2 heterocycles. The summed E-state index contributed by atoms with van der Waals surface area (Å²) in [6.07, 6.45) is 1.58. The van der Waals surface area contributed by atoms with Crippen molar-refractivity contribution in [3.8, 4) is 5.75 Å². The summed E-state index contributed by atoms with van der Waals surface area (Å²) in [7, 11) is 0. The highest BCUT2D eigenvalue weighted by Crippen LogP contribution is 2.38. The summed E-state index contributed by atoms with van der Waals surface area (Å²) < 4.78 is 5.61. The van der Waals surface area contributed by atoms with E-state index in [0.717, 1.165) is 0 Å². The number of amides is 3. The molecule has 3 amide bonds. The maximum atomic E-state index is 12.9. The molecule has 2 aliphatic rings. The minimum Gasteiger partial charge on any atom is -0.491 e. The molecule has 0 spiro atoms. The summed E-state index contributed by atoms with van der Waals surface area (Å²) in [6.45, 7) is 3.88. The van der Waals surface area contributed by atoms with Crippen molar-refractivity contribution in [3.63, 3.8) is 0 Å². The molecule has 1 atom stereocenters. The predicted octanol–water partition coefficient (Wildman–Crippen LogP) is 3.53. The van der Waals surface area contributed by atoms with Crippen LogP contribution >= 0.6 is 0 Å². The van der Waals surface area contributed by atoms with E-state index >= 15 is 0 Å². The van der Waals surface area contributed by atoms with Crippen molar-refractivity contribution in [3.05, 3.63) is 48.5 Å². The van der Waals surface area contributed by atoms with E-state index in [0.29, 0.717) is 22.8 Å². The van der Waals surface area contributed by atoms with Gasteiger partial charge in [0.2, 0.25) is 0 Å². The third kappa shape index (κ3) is 2.46. The van der Waals surface area contributed by atoms with Crippen molar-refractivity contribution in [1.82, 2.24) is 0 Å². The normalized spacial score (nSPS) is 18.6. The highest BCUT2D eigenvalue weighted by Gasteiger charge is 2.47. The smallest absolute Gasteiger partial charge is 0.337 e. The van der Waals surface area contributed by atoms with Crippen LogP contribution in [0.2, 0.25) is 0 Å². The van der Waals surface area contributed by atoms with Gasteiger partial charge in [-0.2, -0.15) is 0 Å². The number of para-hydroxylation sites is 2. The lowest BCUT2D eigenvalue weighted by atomic mass is 10.1. The number of aliphatic imine (C=N–C) groups is 1. The molecular formula is C19H17N3O3. The topological polar surface area (TPSA) is 62.2 Å². The van der Waals surface area contributed by atoms with Crippen molar-refractivity contribution < 1.29 is 14.3 Å². The summed E-state index contributed by atoms with van der Waals surface area (Å²) in [5, 5.41) is 0. The number of imide groups is 1. The summed E-state index contributed by atoms with van der Waals surface area (Å²) in [6, 6.07) is 13.2. The number of fused-ring (bicyclic) bond motifs is 3. The van der Waals surface area contributed by atoms with Crippen LogP contribution in [-0.2, 0) is 4.79 Å². The van der Waals surface area contributed by atoms with Gasteiger partial charge in [-0.05, 0) is 50.2 Å². The van der Waals surface area contributed by atoms with Gasteiger partial charge in [0.05, 0.1) is 23.2 Å². The zero-order chi connectivity index (χ0) is 17.6. The molecule has 0 aromatic heterocycles. The minimum atomic E-state index is -0.700. The monoisotopic (exact) mass is 335 g/mol. The maximum absolute atomic E-state index is 12.9. The highest BCUT2D eigenvalue weighted by atomic mass is 16.5. The Morgan fingerprint density at radius 3 is 2.48 bits per heavy atom. The molecule has 1 saturated heterocycles. The Balaban J connectivity index is 1.68. The average Bonchev–Trinajstić information content (AvgIpc) is 2.86. The van der Waals surface area contributed by atoms with Gasteiger partial charge in [-0.25, -0.2) is 9.69 Å². The number of urea groups is 1. The molecule has 1 unspecified atom stereocenters. The fourth-order valence-corrected chi connectivity index (χ4v) is 3.06. The van der Waals surface area contributed by atoms with E-state index in [-0.39, 0.29) is 18.0 Å². The molecule has 126 valence electrons. The number of hydrogen-bond acceptors (Lipinski definition) is 4. The molecule has 0 radical (unpaired) electrons. The molecule has 0 saturated carbocycles. The van der Waals surface area contributed by atoms with Crippen molar-refractivity contribution in [1.29, 1.82) is 0 Å².